The van der Waals surface area contributed by atoms with E-state index >= 15 is 0 Å². The Hall–Kier alpha value is 1.45. The van der Waals surface area contributed by atoms with E-state index in [1.165, 1.54) is 0 Å². The van der Waals surface area contributed by atoms with Crippen LogP contribution in [0, 0.1) is 0 Å². The van der Waals surface area contributed by atoms with Crippen LogP contribution < -0.4 is 0 Å². The number of halogens is 2. The molecule has 0 unspecified atom stereocenters. The van der Waals surface area contributed by atoms with Crippen LogP contribution in [0.15, 0.2) is 0 Å². The first-order valence-corrected chi connectivity index (χ1v) is 3.55. The quantitative estimate of drug-likeness (QED) is 0.508. The fourth-order valence-electron chi connectivity index (χ4n) is 0. The summed E-state index contributed by atoms with van der Waals surface area (Å²) in [6.45, 7) is 0. The summed E-state index contributed by atoms with van der Waals surface area (Å²) < 4.78 is -0.0922. The zero-order valence-electron chi connectivity index (χ0n) is 1.91. The molecule has 0 saturated carbocycles. The van der Waals surface area contributed by atoms with Crippen molar-refractivity contribution in [2.75, 3.05) is 0 Å². The molecule has 2 radical (unpaired) electrons. The Morgan fingerprint density at radius 1 is 1.50 bits per heavy atom. The molecule has 22 valence electrons. The summed E-state index contributed by atoms with van der Waals surface area (Å²) >= 11 is 11.1. The van der Waals surface area contributed by atoms with E-state index in [-0.39, 0.29) is 2.59 Å². The molecule has 0 aliphatic rings. The van der Waals surface area contributed by atoms with Gasteiger partial charge in [0.1, 0.15) is 0 Å². The van der Waals surface area contributed by atoms with Crippen LogP contribution in [-0.4, -0.2) is 27.0 Å². The molecule has 0 aliphatic heterocycles. The van der Waals surface area contributed by atoms with Crippen molar-refractivity contribution in [2.24, 2.45) is 0 Å². The molecule has 0 spiro atoms. The molecule has 0 N–H and O–H groups in total. The van der Waals surface area contributed by atoms with Gasteiger partial charge < -0.3 is 0 Å². The molecular weight excluding hydrogens is 198 g/mol. The first-order valence-electron chi connectivity index (χ1n) is 0.770. The number of rotatable bonds is 0. The average molecular weight is 199 g/mol. The Morgan fingerprint density at radius 3 is 1.50 bits per heavy atom. The minimum atomic E-state index is -0.0922. The first-order chi connectivity index (χ1) is 1.73. The number of hydrogen-bond acceptors (Lipinski definition) is 0. The second kappa shape index (κ2) is 2.67. The van der Waals surface area contributed by atoms with E-state index in [4.69, 9.17) is 23.2 Å². The molecule has 0 aromatic carbocycles. The van der Waals surface area contributed by atoms with Crippen LogP contribution in [0.1, 0.15) is 0 Å². The van der Waals surface area contributed by atoms with Crippen molar-refractivity contribution in [1.82, 2.24) is 0 Å². The van der Waals surface area contributed by atoms with Crippen LogP contribution in [0.2, 0.25) is 0 Å². The molecule has 0 amide bonds. The van der Waals surface area contributed by atoms with Crippen molar-refractivity contribution in [3.63, 3.8) is 0 Å². The van der Waals surface area contributed by atoms with Gasteiger partial charge in [-0.1, -0.05) is 0 Å². The first kappa shape index (κ1) is 5.45. The van der Waals surface area contributed by atoms with Gasteiger partial charge in [0.25, 0.3) is 0 Å². The van der Waals surface area contributed by atoms with Crippen LogP contribution in [0.25, 0.3) is 0 Å². The second-order valence-corrected chi connectivity index (χ2v) is 5.81. The molecule has 0 aromatic rings. The zero-order valence-corrected chi connectivity index (χ0v) is 6.72. The zero-order chi connectivity index (χ0) is 3.58. The summed E-state index contributed by atoms with van der Waals surface area (Å²) in [7, 11) is 0. The van der Waals surface area contributed by atoms with Gasteiger partial charge >= 0.3 is 50.2 Å². The third-order valence-electron chi connectivity index (χ3n) is 0. The standard InChI is InChI=1S/CHCl2.In/c2-1-3;/h1H;. The Labute approximate surface area is 50.0 Å². The van der Waals surface area contributed by atoms with Crippen LogP contribution in [0.4, 0.5) is 0 Å². The van der Waals surface area contributed by atoms with Crippen molar-refractivity contribution in [1.29, 1.82) is 0 Å². The maximum absolute atomic E-state index is 5.10. The van der Waals surface area contributed by atoms with Gasteiger partial charge in [-0.15, -0.1) is 0 Å². The molecule has 3 heteroatoms. The Bertz CT molecular complexity index is 10.8. The fraction of sp³-hybridized carbons (Fsp3) is 1.00. The van der Waals surface area contributed by atoms with Crippen molar-refractivity contribution < 1.29 is 0 Å². The number of alkyl halides is 2. The van der Waals surface area contributed by atoms with E-state index in [2.05, 4.69) is 0 Å². The van der Waals surface area contributed by atoms with Gasteiger partial charge in [-0.3, -0.25) is 0 Å². The molecule has 0 atom stereocenters. The predicted molar refractivity (Wildman–Crippen MR) is 21.2 cm³/mol. The topological polar surface area (TPSA) is 0 Å². The van der Waals surface area contributed by atoms with E-state index in [1.54, 1.807) is 0 Å². The SMILES string of the molecule is Cl[CH](Cl)[In]. The summed E-state index contributed by atoms with van der Waals surface area (Å²) in [5.74, 6) is 0. The molecule has 0 rings (SSSR count). The van der Waals surface area contributed by atoms with Gasteiger partial charge in [0, 0.05) is 0 Å². The van der Waals surface area contributed by atoms with Crippen LogP contribution in [0.3, 0.4) is 0 Å². The third-order valence-corrected chi connectivity index (χ3v) is 0. The number of hydrogen-bond donors (Lipinski definition) is 0. The summed E-state index contributed by atoms with van der Waals surface area (Å²) in [4.78, 5) is 0. The van der Waals surface area contributed by atoms with Gasteiger partial charge in [0.15, 0.2) is 0 Å². The average Bonchev–Trinajstić information content (AvgIpc) is 0.811. The molecule has 0 aromatic heterocycles. The van der Waals surface area contributed by atoms with Crippen LogP contribution in [0.5, 0.6) is 0 Å². The Balaban J connectivity index is 2.32. The summed E-state index contributed by atoms with van der Waals surface area (Å²) in [6, 6.07) is 0. The third kappa shape index (κ3) is 9.85. The van der Waals surface area contributed by atoms with E-state index in [9.17, 15) is 0 Å². The second-order valence-electron chi connectivity index (χ2n) is 0.334. The van der Waals surface area contributed by atoms with Gasteiger partial charge in [-0.05, 0) is 0 Å². The van der Waals surface area contributed by atoms with Crippen LogP contribution >= 0.6 is 23.2 Å². The molecular formula is CHCl2In. The molecule has 0 aliphatic carbocycles. The van der Waals surface area contributed by atoms with Gasteiger partial charge in [-0.25, -0.2) is 0 Å². The van der Waals surface area contributed by atoms with E-state index in [0.717, 1.165) is 24.4 Å². The molecule has 0 saturated heterocycles. The van der Waals surface area contributed by atoms with Gasteiger partial charge in [-0.2, -0.15) is 0 Å². The minimum absolute atomic E-state index is 0.0922. The van der Waals surface area contributed by atoms with Crippen LogP contribution in [-0.2, 0) is 0 Å². The monoisotopic (exact) mass is 198 g/mol. The van der Waals surface area contributed by atoms with Crippen molar-refractivity contribution >= 4 is 47.6 Å². The maximum atomic E-state index is 5.10. The van der Waals surface area contributed by atoms with E-state index in [0.29, 0.717) is 0 Å². The van der Waals surface area contributed by atoms with Crippen molar-refractivity contribution in [3.8, 4) is 0 Å². The van der Waals surface area contributed by atoms with Crippen molar-refractivity contribution in [2.45, 2.75) is 2.59 Å². The predicted octanol–water partition coefficient (Wildman–Crippen LogP) is 0.916. The van der Waals surface area contributed by atoms with Crippen molar-refractivity contribution in [3.05, 3.63) is 0 Å². The molecule has 0 fully saturated rings. The summed E-state index contributed by atoms with van der Waals surface area (Å²) in [5, 5.41) is 0. The molecule has 0 heterocycles. The summed E-state index contributed by atoms with van der Waals surface area (Å²) in [6.07, 6.45) is 0. The fourth-order valence-corrected chi connectivity index (χ4v) is 0. The Kier molecular flexibility index (Phi) is 3.64. The Morgan fingerprint density at radius 2 is 1.50 bits per heavy atom. The molecule has 0 bridgehead atoms. The van der Waals surface area contributed by atoms with E-state index < -0.39 is 0 Å². The van der Waals surface area contributed by atoms with Gasteiger partial charge in [0.2, 0.25) is 0 Å². The molecule has 0 nitrogen and oxygen atoms in total. The van der Waals surface area contributed by atoms with Gasteiger partial charge in [0.05, 0.1) is 0 Å². The normalized spacial score (nSPS) is 8.75. The molecule has 4 heavy (non-hydrogen) atoms. The van der Waals surface area contributed by atoms with E-state index in [1.807, 2.05) is 0 Å². The summed E-state index contributed by atoms with van der Waals surface area (Å²) in [5.41, 5.74) is 0.